The van der Waals surface area contributed by atoms with Crippen molar-refractivity contribution >= 4 is 12.1 Å². The third-order valence-electron chi connectivity index (χ3n) is 4.90. The molecule has 1 amide bonds. The molecule has 0 aromatic heterocycles. The van der Waals surface area contributed by atoms with Gasteiger partial charge in [0.1, 0.15) is 6.61 Å². The average Bonchev–Trinajstić information content (AvgIpc) is 3.02. The summed E-state index contributed by atoms with van der Waals surface area (Å²) in [5.41, 5.74) is 4.61. The Balaban J connectivity index is 1.69. The van der Waals surface area contributed by atoms with Crippen molar-refractivity contribution in [1.82, 2.24) is 4.90 Å². The Morgan fingerprint density at radius 1 is 1.00 bits per heavy atom. The number of ether oxygens (including phenoxy) is 2. The number of fused-ring (bicyclic) bond motifs is 3. The van der Waals surface area contributed by atoms with Gasteiger partial charge < -0.3 is 19.5 Å². The summed E-state index contributed by atoms with van der Waals surface area (Å²) in [7, 11) is 0. The topological polar surface area (TPSA) is 76.1 Å². The fraction of sp³-hybridized carbons (Fsp3) is 0.364. The standard InChI is InChI=1S/C22H25NO5/c1-2-27-14-13-23(12-11-21(24)25)22(26)28-15-20-18-9-5-3-7-16(18)17-8-4-6-10-19(17)20/h3-10,20H,2,11-15H2,1H3,(H,24,25). The van der Waals surface area contributed by atoms with Crippen LogP contribution in [0, 0.1) is 0 Å². The number of carboxylic acid groups (broad SMARTS) is 1. The van der Waals surface area contributed by atoms with Gasteiger partial charge in [0.25, 0.3) is 0 Å². The highest BCUT2D eigenvalue weighted by atomic mass is 16.6. The molecule has 6 heteroatoms. The van der Waals surface area contributed by atoms with Crippen LogP contribution in [-0.4, -0.2) is 55.0 Å². The molecule has 1 aliphatic rings. The lowest BCUT2D eigenvalue weighted by atomic mass is 9.98. The highest BCUT2D eigenvalue weighted by Crippen LogP contribution is 2.44. The number of amides is 1. The summed E-state index contributed by atoms with van der Waals surface area (Å²) in [5.74, 6) is -0.975. The zero-order chi connectivity index (χ0) is 19.9. The van der Waals surface area contributed by atoms with Crippen LogP contribution in [0.3, 0.4) is 0 Å². The van der Waals surface area contributed by atoms with E-state index < -0.39 is 12.1 Å². The van der Waals surface area contributed by atoms with Crippen LogP contribution >= 0.6 is 0 Å². The zero-order valence-corrected chi connectivity index (χ0v) is 16.0. The first kappa shape index (κ1) is 19.9. The van der Waals surface area contributed by atoms with Crippen molar-refractivity contribution in [2.24, 2.45) is 0 Å². The van der Waals surface area contributed by atoms with Gasteiger partial charge in [0, 0.05) is 25.6 Å². The van der Waals surface area contributed by atoms with E-state index in [0.29, 0.717) is 19.8 Å². The van der Waals surface area contributed by atoms with E-state index in [0.717, 1.165) is 11.1 Å². The summed E-state index contributed by atoms with van der Waals surface area (Å²) in [4.78, 5) is 24.9. The molecule has 3 rings (SSSR count). The maximum absolute atomic E-state index is 12.6. The van der Waals surface area contributed by atoms with Gasteiger partial charge in [-0.3, -0.25) is 4.79 Å². The van der Waals surface area contributed by atoms with Gasteiger partial charge in [0.2, 0.25) is 0 Å². The van der Waals surface area contributed by atoms with Crippen molar-refractivity contribution in [1.29, 1.82) is 0 Å². The average molecular weight is 383 g/mol. The maximum atomic E-state index is 12.6. The quantitative estimate of drug-likeness (QED) is 0.668. The van der Waals surface area contributed by atoms with Crippen LogP contribution in [0.4, 0.5) is 4.79 Å². The molecule has 0 heterocycles. The summed E-state index contributed by atoms with van der Waals surface area (Å²) in [5, 5.41) is 8.93. The Labute approximate surface area is 164 Å². The highest BCUT2D eigenvalue weighted by Gasteiger charge is 2.29. The minimum atomic E-state index is -0.951. The molecule has 1 N–H and O–H groups in total. The molecule has 2 aromatic rings. The highest BCUT2D eigenvalue weighted by molar-refractivity contribution is 5.79. The molecule has 28 heavy (non-hydrogen) atoms. The van der Waals surface area contributed by atoms with Gasteiger partial charge in [-0.1, -0.05) is 48.5 Å². The van der Waals surface area contributed by atoms with Crippen molar-refractivity contribution in [3.63, 3.8) is 0 Å². The molecule has 0 saturated heterocycles. The second-order valence-corrected chi connectivity index (χ2v) is 6.63. The lowest BCUT2D eigenvalue weighted by Crippen LogP contribution is -2.37. The lowest BCUT2D eigenvalue weighted by Gasteiger charge is -2.23. The molecule has 148 valence electrons. The smallest absolute Gasteiger partial charge is 0.409 e. The Hall–Kier alpha value is -2.86. The molecule has 0 atom stereocenters. The molecule has 1 aliphatic carbocycles. The molecule has 0 radical (unpaired) electrons. The van der Waals surface area contributed by atoms with Crippen LogP contribution in [-0.2, 0) is 14.3 Å². The Bertz CT molecular complexity index is 790. The fourth-order valence-electron chi connectivity index (χ4n) is 3.53. The van der Waals surface area contributed by atoms with Gasteiger partial charge in [0.15, 0.2) is 0 Å². The van der Waals surface area contributed by atoms with E-state index >= 15 is 0 Å². The number of carbonyl (C=O) groups is 2. The van der Waals surface area contributed by atoms with Gasteiger partial charge in [-0.15, -0.1) is 0 Å². The van der Waals surface area contributed by atoms with Crippen molar-refractivity contribution < 1.29 is 24.2 Å². The van der Waals surface area contributed by atoms with Crippen molar-refractivity contribution in [3.05, 3.63) is 59.7 Å². The first-order valence-electron chi connectivity index (χ1n) is 9.51. The van der Waals surface area contributed by atoms with E-state index in [1.165, 1.54) is 16.0 Å². The van der Waals surface area contributed by atoms with Crippen molar-refractivity contribution in [2.75, 3.05) is 32.9 Å². The minimum Gasteiger partial charge on any atom is -0.481 e. The van der Waals surface area contributed by atoms with Crippen molar-refractivity contribution in [2.45, 2.75) is 19.3 Å². The molecule has 0 saturated carbocycles. The zero-order valence-electron chi connectivity index (χ0n) is 16.0. The minimum absolute atomic E-state index is 0.0236. The number of nitrogens with zero attached hydrogens (tertiary/aromatic N) is 1. The third-order valence-corrected chi connectivity index (χ3v) is 4.90. The molecular formula is C22H25NO5. The number of carboxylic acids is 1. The predicted molar refractivity (Wildman–Crippen MR) is 105 cm³/mol. The van der Waals surface area contributed by atoms with Crippen LogP contribution in [0.2, 0.25) is 0 Å². The number of hydrogen-bond donors (Lipinski definition) is 1. The van der Waals surface area contributed by atoms with Gasteiger partial charge in [-0.2, -0.15) is 0 Å². The predicted octanol–water partition coefficient (Wildman–Crippen LogP) is 3.75. The summed E-state index contributed by atoms with van der Waals surface area (Å²) in [6.07, 6.45) is -0.640. The molecule has 0 bridgehead atoms. The van der Waals surface area contributed by atoms with E-state index in [9.17, 15) is 9.59 Å². The SMILES string of the molecule is CCOCCN(CCC(=O)O)C(=O)OCC1c2ccccc2-c2ccccc21. The number of aliphatic carboxylic acids is 1. The summed E-state index contributed by atoms with van der Waals surface area (Å²) >= 11 is 0. The molecule has 0 aliphatic heterocycles. The number of hydrogen-bond acceptors (Lipinski definition) is 4. The summed E-state index contributed by atoms with van der Waals surface area (Å²) in [6, 6.07) is 16.3. The van der Waals surface area contributed by atoms with E-state index in [2.05, 4.69) is 24.3 Å². The number of benzene rings is 2. The second kappa shape index (κ2) is 9.37. The van der Waals surface area contributed by atoms with Crippen molar-refractivity contribution in [3.8, 4) is 11.1 Å². The molecule has 0 unspecified atom stereocenters. The number of rotatable bonds is 9. The molecule has 0 spiro atoms. The fourth-order valence-corrected chi connectivity index (χ4v) is 3.53. The Kier molecular flexibility index (Phi) is 6.66. The number of carbonyl (C=O) groups excluding carboxylic acids is 1. The van der Waals surface area contributed by atoms with Crippen LogP contribution < -0.4 is 0 Å². The molecule has 0 fully saturated rings. The van der Waals surface area contributed by atoms with Crippen LogP contribution in [0.1, 0.15) is 30.4 Å². The van der Waals surface area contributed by atoms with Gasteiger partial charge in [0.05, 0.1) is 13.0 Å². The molecule has 2 aromatic carbocycles. The van der Waals surface area contributed by atoms with E-state index in [1.54, 1.807) is 0 Å². The van der Waals surface area contributed by atoms with Gasteiger partial charge >= 0.3 is 12.1 Å². The largest absolute Gasteiger partial charge is 0.481 e. The summed E-state index contributed by atoms with van der Waals surface area (Å²) in [6.45, 7) is 3.37. The third kappa shape index (κ3) is 4.51. The molecular weight excluding hydrogens is 358 g/mol. The van der Waals surface area contributed by atoms with Crippen LogP contribution in [0.25, 0.3) is 11.1 Å². The second-order valence-electron chi connectivity index (χ2n) is 6.63. The first-order valence-corrected chi connectivity index (χ1v) is 9.51. The first-order chi connectivity index (χ1) is 13.6. The maximum Gasteiger partial charge on any atom is 0.409 e. The monoisotopic (exact) mass is 383 g/mol. The van der Waals surface area contributed by atoms with E-state index in [1.807, 2.05) is 31.2 Å². The molecule has 6 nitrogen and oxygen atoms in total. The van der Waals surface area contributed by atoms with Crippen LogP contribution in [0.5, 0.6) is 0 Å². The van der Waals surface area contributed by atoms with E-state index in [-0.39, 0.29) is 25.5 Å². The van der Waals surface area contributed by atoms with E-state index in [4.69, 9.17) is 14.6 Å². The normalized spacial score (nSPS) is 12.3. The Morgan fingerprint density at radius 2 is 1.61 bits per heavy atom. The summed E-state index contributed by atoms with van der Waals surface area (Å²) < 4.78 is 10.9. The Morgan fingerprint density at radius 3 is 2.18 bits per heavy atom. The van der Waals surface area contributed by atoms with Gasteiger partial charge in [-0.05, 0) is 29.2 Å². The lowest BCUT2D eigenvalue weighted by molar-refractivity contribution is -0.137. The van der Waals surface area contributed by atoms with Crippen LogP contribution in [0.15, 0.2) is 48.5 Å². The van der Waals surface area contributed by atoms with Gasteiger partial charge in [-0.25, -0.2) is 4.79 Å².